The van der Waals surface area contributed by atoms with E-state index in [1.54, 1.807) is 0 Å². The second-order valence-corrected chi connectivity index (χ2v) is 5.06. The van der Waals surface area contributed by atoms with Crippen molar-refractivity contribution in [2.24, 2.45) is 5.73 Å². The molecule has 17 heavy (non-hydrogen) atoms. The summed E-state index contributed by atoms with van der Waals surface area (Å²) in [5.74, 6) is 0. The summed E-state index contributed by atoms with van der Waals surface area (Å²) in [4.78, 5) is 0. The third-order valence-electron chi connectivity index (χ3n) is 3.34. The smallest absolute Gasteiger partial charge is 0.0278 e. The van der Waals surface area contributed by atoms with Crippen LogP contribution >= 0.6 is 0 Å². The Kier molecular flexibility index (Phi) is 6.23. The summed E-state index contributed by atoms with van der Waals surface area (Å²) in [6.45, 7) is 6.06. The SMILES string of the molecule is CCCCCC(C)(CN)NCc1ccccc1. The van der Waals surface area contributed by atoms with Crippen molar-refractivity contribution in [2.75, 3.05) is 6.54 Å². The molecule has 3 N–H and O–H groups in total. The number of rotatable bonds is 8. The molecule has 0 fully saturated rings. The lowest BCUT2D eigenvalue weighted by atomic mass is 9.94. The van der Waals surface area contributed by atoms with Crippen molar-refractivity contribution < 1.29 is 0 Å². The Balaban J connectivity index is 2.40. The second-order valence-electron chi connectivity index (χ2n) is 5.06. The summed E-state index contributed by atoms with van der Waals surface area (Å²) >= 11 is 0. The zero-order valence-corrected chi connectivity index (χ0v) is 11.2. The molecule has 0 spiro atoms. The van der Waals surface area contributed by atoms with Crippen molar-refractivity contribution in [3.05, 3.63) is 35.9 Å². The van der Waals surface area contributed by atoms with E-state index in [0.717, 1.165) is 13.0 Å². The van der Waals surface area contributed by atoms with Crippen LogP contribution in [0.25, 0.3) is 0 Å². The van der Waals surface area contributed by atoms with Crippen molar-refractivity contribution in [3.8, 4) is 0 Å². The van der Waals surface area contributed by atoms with Crippen molar-refractivity contribution >= 4 is 0 Å². The number of nitrogens with two attached hydrogens (primary N) is 1. The minimum Gasteiger partial charge on any atom is -0.329 e. The predicted octanol–water partition coefficient (Wildman–Crippen LogP) is 3.07. The molecule has 2 nitrogen and oxygen atoms in total. The van der Waals surface area contributed by atoms with E-state index in [-0.39, 0.29) is 5.54 Å². The summed E-state index contributed by atoms with van der Waals surface area (Å²) in [6, 6.07) is 10.5. The van der Waals surface area contributed by atoms with E-state index < -0.39 is 0 Å². The van der Waals surface area contributed by atoms with Gasteiger partial charge in [-0.05, 0) is 18.9 Å². The molecular formula is C15H26N2. The van der Waals surface area contributed by atoms with E-state index >= 15 is 0 Å². The first-order valence-corrected chi connectivity index (χ1v) is 6.69. The summed E-state index contributed by atoms with van der Waals surface area (Å²) in [6.07, 6.45) is 4.97. The maximum absolute atomic E-state index is 5.89. The lowest BCUT2D eigenvalue weighted by Gasteiger charge is -2.29. The number of unbranched alkanes of at least 4 members (excludes halogenated alkanes) is 2. The Morgan fingerprint density at radius 2 is 1.88 bits per heavy atom. The van der Waals surface area contributed by atoms with Gasteiger partial charge in [-0.15, -0.1) is 0 Å². The maximum Gasteiger partial charge on any atom is 0.0278 e. The normalized spacial score (nSPS) is 14.5. The molecule has 2 heteroatoms. The highest BCUT2D eigenvalue weighted by Gasteiger charge is 2.20. The van der Waals surface area contributed by atoms with Gasteiger partial charge in [-0.25, -0.2) is 0 Å². The standard InChI is InChI=1S/C15H26N2/c1-3-4-8-11-15(2,13-16)17-12-14-9-6-5-7-10-14/h5-7,9-10,17H,3-4,8,11-13,16H2,1-2H3. The predicted molar refractivity (Wildman–Crippen MR) is 74.9 cm³/mol. The van der Waals surface area contributed by atoms with Crippen LogP contribution in [-0.4, -0.2) is 12.1 Å². The molecule has 0 saturated heterocycles. The molecule has 1 atom stereocenters. The molecule has 0 bridgehead atoms. The average molecular weight is 234 g/mol. The van der Waals surface area contributed by atoms with Crippen molar-refractivity contribution in [1.29, 1.82) is 0 Å². The van der Waals surface area contributed by atoms with E-state index in [9.17, 15) is 0 Å². The number of nitrogens with one attached hydrogen (secondary N) is 1. The van der Waals surface area contributed by atoms with Gasteiger partial charge in [0.05, 0.1) is 0 Å². The monoisotopic (exact) mass is 234 g/mol. The van der Waals surface area contributed by atoms with Gasteiger partial charge in [0.1, 0.15) is 0 Å². The van der Waals surface area contributed by atoms with Crippen LogP contribution in [0.4, 0.5) is 0 Å². The first kappa shape index (κ1) is 14.2. The average Bonchev–Trinajstić information content (AvgIpc) is 2.38. The summed E-state index contributed by atoms with van der Waals surface area (Å²) in [5.41, 5.74) is 7.29. The highest BCUT2D eigenvalue weighted by Crippen LogP contribution is 2.14. The lowest BCUT2D eigenvalue weighted by Crippen LogP contribution is -2.48. The van der Waals surface area contributed by atoms with Gasteiger partial charge in [-0.2, -0.15) is 0 Å². The van der Waals surface area contributed by atoms with Crippen LogP contribution in [-0.2, 0) is 6.54 Å². The Hall–Kier alpha value is -0.860. The van der Waals surface area contributed by atoms with Crippen LogP contribution in [0.2, 0.25) is 0 Å². The topological polar surface area (TPSA) is 38.0 Å². The van der Waals surface area contributed by atoms with Crippen molar-refractivity contribution in [1.82, 2.24) is 5.32 Å². The quantitative estimate of drug-likeness (QED) is 0.678. The Bertz CT molecular complexity index is 297. The van der Waals surface area contributed by atoms with Crippen LogP contribution in [0.1, 0.15) is 45.1 Å². The van der Waals surface area contributed by atoms with Crippen LogP contribution in [0, 0.1) is 0 Å². The molecule has 1 unspecified atom stereocenters. The number of benzene rings is 1. The van der Waals surface area contributed by atoms with E-state index in [0.29, 0.717) is 6.54 Å². The van der Waals surface area contributed by atoms with Gasteiger partial charge in [0.25, 0.3) is 0 Å². The van der Waals surface area contributed by atoms with Crippen LogP contribution in [0.3, 0.4) is 0 Å². The van der Waals surface area contributed by atoms with Gasteiger partial charge in [0.2, 0.25) is 0 Å². The molecule has 0 amide bonds. The number of hydrogen-bond acceptors (Lipinski definition) is 2. The minimum absolute atomic E-state index is 0.0744. The van der Waals surface area contributed by atoms with Crippen LogP contribution in [0.5, 0.6) is 0 Å². The summed E-state index contributed by atoms with van der Waals surface area (Å²) in [7, 11) is 0. The largest absolute Gasteiger partial charge is 0.329 e. The van der Waals surface area contributed by atoms with Gasteiger partial charge in [0, 0.05) is 18.6 Å². The van der Waals surface area contributed by atoms with E-state index in [1.807, 2.05) is 6.07 Å². The fourth-order valence-electron chi connectivity index (χ4n) is 1.94. The van der Waals surface area contributed by atoms with Crippen molar-refractivity contribution in [2.45, 2.75) is 51.6 Å². The van der Waals surface area contributed by atoms with Gasteiger partial charge in [-0.3, -0.25) is 0 Å². The summed E-state index contributed by atoms with van der Waals surface area (Å²) < 4.78 is 0. The minimum atomic E-state index is 0.0744. The fraction of sp³-hybridized carbons (Fsp3) is 0.600. The van der Waals surface area contributed by atoms with Gasteiger partial charge in [-0.1, -0.05) is 56.5 Å². The summed E-state index contributed by atoms with van der Waals surface area (Å²) in [5, 5.41) is 3.60. The van der Waals surface area contributed by atoms with E-state index in [1.165, 1.54) is 24.8 Å². The zero-order chi connectivity index (χ0) is 12.6. The highest BCUT2D eigenvalue weighted by atomic mass is 15.0. The fourth-order valence-corrected chi connectivity index (χ4v) is 1.94. The van der Waals surface area contributed by atoms with Gasteiger partial charge >= 0.3 is 0 Å². The molecule has 1 aromatic rings. The molecule has 0 heterocycles. The third-order valence-corrected chi connectivity index (χ3v) is 3.34. The Morgan fingerprint density at radius 3 is 2.47 bits per heavy atom. The van der Waals surface area contributed by atoms with Gasteiger partial charge in [0.15, 0.2) is 0 Å². The molecule has 96 valence electrons. The maximum atomic E-state index is 5.89. The molecule has 0 aromatic heterocycles. The van der Waals surface area contributed by atoms with E-state index in [2.05, 4.69) is 43.4 Å². The highest BCUT2D eigenvalue weighted by molar-refractivity contribution is 5.14. The molecule has 0 aliphatic carbocycles. The van der Waals surface area contributed by atoms with Crippen LogP contribution in [0.15, 0.2) is 30.3 Å². The van der Waals surface area contributed by atoms with Crippen molar-refractivity contribution in [3.63, 3.8) is 0 Å². The molecule has 1 aromatic carbocycles. The zero-order valence-electron chi connectivity index (χ0n) is 11.2. The molecule has 1 rings (SSSR count). The van der Waals surface area contributed by atoms with E-state index in [4.69, 9.17) is 5.73 Å². The first-order valence-electron chi connectivity index (χ1n) is 6.69. The lowest BCUT2D eigenvalue weighted by molar-refractivity contribution is 0.325. The Labute approximate surface area is 106 Å². The number of hydrogen-bond donors (Lipinski definition) is 2. The molecular weight excluding hydrogens is 208 g/mol. The molecule has 0 aliphatic heterocycles. The first-order chi connectivity index (χ1) is 8.20. The third kappa shape index (κ3) is 5.33. The van der Waals surface area contributed by atoms with Gasteiger partial charge < -0.3 is 11.1 Å². The second kappa shape index (κ2) is 7.46. The molecule has 0 saturated carbocycles. The molecule has 0 radical (unpaired) electrons. The van der Waals surface area contributed by atoms with Crippen LogP contribution < -0.4 is 11.1 Å². The molecule has 0 aliphatic rings. The Morgan fingerprint density at radius 1 is 1.18 bits per heavy atom.